The lowest BCUT2D eigenvalue weighted by Crippen LogP contribution is -2.47. The Bertz CT molecular complexity index is 901. The summed E-state index contributed by atoms with van der Waals surface area (Å²) in [7, 11) is 0. The van der Waals surface area contributed by atoms with E-state index < -0.39 is 0 Å². The molecule has 6 nitrogen and oxygen atoms in total. The summed E-state index contributed by atoms with van der Waals surface area (Å²) < 4.78 is 0. The maximum Gasteiger partial charge on any atom is 0.249 e. The molecule has 0 aliphatic carbocycles. The first kappa shape index (κ1) is 17.3. The van der Waals surface area contributed by atoms with E-state index in [1.807, 2.05) is 12.1 Å². The second-order valence-corrected chi connectivity index (χ2v) is 6.94. The summed E-state index contributed by atoms with van der Waals surface area (Å²) >= 11 is 0. The van der Waals surface area contributed by atoms with E-state index in [0.29, 0.717) is 5.95 Å². The van der Waals surface area contributed by atoms with Gasteiger partial charge in [-0.2, -0.15) is 10.1 Å². The Morgan fingerprint density at radius 1 is 0.852 bits per heavy atom. The molecule has 0 radical (unpaired) electrons. The van der Waals surface area contributed by atoms with E-state index in [2.05, 4.69) is 80.5 Å². The fourth-order valence-corrected chi connectivity index (χ4v) is 3.28. The predicted octanol–water partition coefficient (Wildman–Crippen LogP) is 3.56. The van der Waals surface area contributed by atoms with E-state index in [4.69, 9.17) is 0 Å². The van der Waals surface area contributed by atoms with Crippen LogP contribution in [0.3, 0.4) is 0 Å². The summed E-state index contributed by atoms with van der Waals surface area (Å²) in [6, 6.07) is 16.8. The van der Waals surface area contributed by atoms with E-state index in [1.54, 1.807) is 6.20 Å². The van der Waals surface area contributed by atoms with Gasteiger partial charge in [-0.25, -0.2) is 0 Å². The molecule has 1 saturated heterocycles. The summed E-state index contributed by atoms with van der Waals surface area (Å²) in [6.45, 7) is 7.96. The summed E-state index contributed by atoms with van der Waals surface area (Å²) in [5.74, 6) is 1.39. The van der Waals surface area contributed by atoms with Crippen molar-refractivity contribution in [3.63, 3.8) is 0 Å². The highest BCUT2D eigenvalue weighted by atomic mass is 15.3. The first-order valence-electron chi connectivity index (χ1n) is 9.27. The van der Waals surface area contributed by atoms with Crippen molar-refractivity contribution < 1.29 is 0 Å². The standard InChI is InChI=1S/C21H24N6/c1-16-6-8-18(9-7-16)23-21-24-20(15-22-25-21)27-12-10-26(11-13-27)19-5-3-4-17(2)14-19/h3-9,14-15H,10-13H2,1-2H3,(H,23,24,25). The number of anilines is 4. The molecule has 1 N–H and O–H groups in total. The number of aryl methyl sites for hydroxylation is 2. The fraction of sp³-hybridized carbons (Fsp3) is 0.286. The molecule has 2 heterocycles. The SMILES string of the molecule is Cc1ccc(Nc2nncc(N3CCN(c4cccc(C)c4)CC3)n2)cc1. The van der Waals surface area contributed by atoms with Crippen LogP contribution >= 0.6 is 0 Å². The number of benzene rings is 2. The van der Waals surface area contributed by atoms with Crippen molar-refractivity contribution in [2.75, 3.05) is 41.3 Å². The van der Waals surface area contributed by atoms with Crippen LogP contribution < -0.4 is 15.1 Å². The molecule has 2 aromatic carbocycles. The lowest BCUT2D eigenvalue weighted by molar-refractivity contribution is 0.644. The maximum absolute atomic E-state index is 4.65. The van der Waals surface area contributed by atoms with Crippen molar-refractivity contribution in [3.8, 4) is 0 Å². The first-order valence-corrected chi connectivity index (χ1v) is 9.27. The minimum atomic E-state index is 0.525. The fourth-order valence-electron chi connectivity index (χ4n) is 3.28. The molecule has 1 fully saturated rings. The number of hydrogen-bond donors (Lipinski definition) is 1. The van der Waals surface area contributed by atoms with E-state index >= 15 is 0 Å². The van der Waals surface area contributed by atoms with Gasteiger partial charge in [-0.05, 0) is 43.7 Å². The third-order valence-electron chi connectivity index (χ3n) is 4.82. The molecule has 0 bridgehead atoms. The summed E-state index contributed by atoms with van der Waals surface area (Å²) in [6.07, 6.45) is 1.74. The number of rotatable bonds is 4. The van der Waals surface area contributed by atoms with Gasteiger partial charge in [-0.3, -0.25) is 0 Å². The molecule has 0 amide bonds. The van der Waals surface area contributed by atoms with Crippen LogP contribution in [0, 0.1) is 13.8 Å². The summed E-state index contributed by atoms with van der Waals surface area (Å²) in [5.41, 5.74) is 4.77. The molecule has 3 aromatic rings. The zero-order chi connectivity index (χ0) is 18.6. The molecule has 1 aromatic heterocycles. The minimum absolute atomic E-state index is 0.525. The van der Waals surface area contributed by atoms with Crippen LogP contribution in [0.15, 0.2) is 54.7 Å². The van der Waals surface area contributed by atoms with Crippen LogP contribution in [-0.2, 0) is 0 Å². The van der Waals surface area contributed by atoms with Gasteiger partial charge < -0.3 is 15.1 Å². The normalized spacial score (nSPS) is 14.3. The van der Waals surface area contributed by atoms with Crippen LogP contribution in [0.4, 0.5) is 23.1 Å². The van der Waals surface area contributed by atoms with Gasteiger partial charge in [-0.1, -0.05) is 29.8 Å². The molecule has 4 rings (SSSR count). The number of aromatic nitrogens is 3. The van der Waals surface area contributed by atoms with Gasteiger partial charge in [0.2, 0.25) is 5.95 Å². The lowest BCUT2D eigenvalue weighted by Gasteiger charge is -2.36. The molecule has 1 aliphatic heterocycles. The molecule has 6 heteroatoms. The highest BCUT2D eigenvalue weighted by Gasteiger charge is 2.19. The van der Waals surface area contributed by atoms with Crippen molar-refractivity contribution in [3.05, 3.63) is 65.9 Å². The van der Waals surface area contributed by atoms with Gasteiger partial charge in [0.25, 0.3) is 0 Å². The Kier molecular flexibility index (Phi) is 4.87. The van der Waals surface area contributed by atoms with Gasteiger partial charge >= 0.3 is 0 Å². The highest BCUT2D eigenvalue weighted by molar-refractivity contribution is 5.55. The lowest BCUT2D eigenvalue weighted by atomic mass is 10.2. The third kappa shape index (κ3) is 4.16. The summed E-state index contributed by atoms with van der Waals surface area (Å²) in [5, 5.41) is 11.5. The Morgan fingerprint density at radius 3 is 2.33 bits per heavy atom. The minimum Gasteiger partial charge on any atom is -0.368 e. The molecular weight excluding hydrogens is 336 g/mol. The van der Waals surface area contributed by atoms with Gasteiger partial charge in [0.05, 0.1) is 6.20 Å². The van der Waals surface area contributed by atoms with Crippen molar-refractivity contribution >= 4 is 23.1 Å². The Labute approximate surface area is 159 Å². The molecule has 0 spiro atoms. The number of nitrogens with zero attached hydrogens (tertiary/aromatic N) is 5. The molecule has 0 unspecified atom stereocenters. The Balaban J connectivity index is 1.42. The van der Waals surface area contributed by atoms with Crippen LogP contribution in [0.5, 0.6) is 0 Å². The van der Waals surface area contributed by atoms with Crippen LogP contribution in [0.1, 0.15) is 11.1 Å². The quantitative estimate of drug-likeness (QED) is 0.768. The van der Waals surface area contributed by atoms with Gasteiger partial charge in [0, 0.05) is 37.6 Å². The largest absolute Gasteiger partial charge is 0.368 e. The second kappa shape index (κ2) is 7.61. The summed E-state index contributed by atoms with van der Waals surface area (Å²) in [4.78, 5) is 9.33. The average molecular weight is 360 g/mol. The first-order chi connectivity index (χ1) is 13.2. The van der Waals surface area contributed by atoms with Gasteiger partial charge in [-0.15, -0.1) is 5.10 Å². The zero-order valence-electron chi connectivity index (χ0n) is 15.8. The Hall–Kier alpha value is -3.15. The van der Waals surface area contributed by atoms with Crippen LogP contribution in [0.2, 0.25) is 0 Å². The molecule has 27 heavy (non-hydrogen) atoms. The zero-order valence-corrected chi connectivity index (χ0v) is 15.8. The second-order valence-electron chi connectivity index (χ2n) is 6.94. The highest BCUT2D eigenvalue weighted by Crippen LogP contribution is 2.21. The van der Waals surface area contributed by atoms with Gasteiger partial charge in [0.15, 0.2) is 5.82 Å². The number of nitrogens with one attached hydrogen (secondary N) is 1. The van der Waals surface area contributed by atoms with Crippen molar-refractivity contribution in [1.29, 1.82) is 0 Å². The van der Waals surface area contributed by atoms with Gasteiger partial charge in [0.1, 0.15) is 0 Å². The van der Waals surface area contributed by atoms with Crippen LogP contribution in [0.25, 0.3) is 0 Å². The van der Waals surface area contributed by atoms with E-state index in [1.165, 1.54) is 16.8 Å². The molecule has 138 valence electrons. The van der Waals surface area contributed by atoms with E-state index in [-0.39, 0.29) is 0 Å². The number of hydrogen-bond acceptors (Lipinski definition) is 6. The average Bonchev–Trinajstić information content (AvgIpc) is 2.70. The number of piperazine rings is 1. The topological polar surface area (TPSA) is 57.2 Å². The van der Waals surface area contributed by atoms with Crippen LogP contribution in [-0.4, -0.2) is 41.4 Å². The predicted molar refractivity (Wildman–Crippen MR) is 110 cm³/mol. The molecule has 0 saturated carbocycles. The maximum atomic E-state index is 4.65. The smallest absolute Gasteiger partial charge is 0.249 e. The van der Waals surface area contributed by atoms with E-state index in [9.17, 15) is 0 Å². The molecule has 0 atom stereocenters. The van der Waals surface area contributed by atoms with E-state index in [0.717, 1.165) is 37.7 Å². The van der Waals surface area contributed by atoms with Crippen molar-refractivity contribution in [2.24, 2.45) is 0 Å². The Morgan fingerprint density at radius 2 is 1.59 bits per heavy atom. The van der Waals surface area contributed by atoms with Crippen molar-refractivity contribution in [1.82, 2.24) is 15.2 Å². The third-order valence-corrected chi connectivity index (χ3v) is 4.82. The monoisotopic (exact) mass is 360 g/mol. The molecular formula is C21H24N6. The molecule has 1 aliphatic rings. The van der Waals surface area contributed by atoms with Crippen molar-refractivity contribution in [2.45, 2.75) is 13.8 Å².